The minimum Gasteiger partial charge on any atom is -0.464 e. The van der Waals surface area contributed by atoms with Crippen LogP contribution in [0.25, 0.3) is 0 Å². The van der Waals surface area contributed by atoms with E-state index < -0.39 is 5.97 Å². The van der Waals surface area contributed by atoms with E-state index in [0.717, 1.165) is 6.21 Å². The molecule has 2 radical (unpaired) electrons. The molecule has 0 bridgehead atoms. The van der Waals surface area contributed by atoms with Gasteiger partial charge in [0.05, 0.1) is 7.11 Å². The summed E-state index contributed by atoms with van der Waals surface area (Å²) in [6, 6.07) is 1.52. The molecular weight excluding hydrogens is 167 g/mol. The lowest BCUT2D eigenvalue weighted by Crippen LogP contribution is -2.18. The Hall–Kier alpha value is -1.65. The Labute approximate surface area is 76.9 Å². The van der Waals surface area contributed by atoms with Gasteiger partial charge in [0.15, 0.2) is 5.69 Å². The molecule has 1 aromatic rings. The van der Waals surface area contributed by atoms with Crippen molar-refractivity contribution in [1.82, 2.24) is 4.98 Å². The summed E-state index contributed by atoms with van der Waals surface area (Å²) in [6.45, 7) is 0. The zero-order chi connectivity index (χ0) is 9.84. The van der Waals surface area contributed by atoms with Gasteiger partial charge in [-0.3, -0.25) is 0 Å². The molecular formula is C8H7BN2O2. The molecule has 0 unspecified atom stereocenters. The van der Waals surface area contributed by atoms with Crippen LogP contribution in [0.2, 0.25) is 0 Å². The molecule has 1 aromatic heterocycles. The second kappa shape index (κ2) is 3.84. The number of hydrogen-bond donors (Lipinski definition) is 1. The van der Waals surface area contributed by atoms with E-state index >= 15 is 0 Å². The van der Waals surface area contributed by atoms with E-state index in [9.17, 15) is 4.79 Å². The number of aromatic nitrogens is 1. The van der Waals surface area contributed by atoms with Gasteiger partial charge in [-0.2, -0.15) is 0 Å². The van der Waals surface area contributed by atoms with Crippen LogP contribution in [-0.2, 0) is 4.74 Å². The van der Waals surface area contributed by atoms with E-state index in [0.29, 0.717) is 5.46 Å². The largest absolute Gasteiger partial charge is 0.464 e. The maximum atomic E-state index is 11.1. The number of methoxy groups -OCH3 is 1. The SMILES string of the molecule is [B]c1ccnc(C(=O)OC)c1C=N. The molecule has 4 nitrogen and oxygen atoms in total. The first-order chi connectivity index (χ1) is 6.20. The number of carbonyl (C=O) groups excluding carboxylic acids is 1. The fourth-order valence-electron chi connectivity index (χ4n) is 0.899. The van der Waals surface area contributed by atoms with Crippen LogP contribution in [-0.4, -0.2) is 32.1 Å². The number of hydrogen-bond acceptors (Lipinski definition) is 4. The van der Waals surface area contributed by atoms with Crippen LogP contribution < -0.4 is 5.46 Å². The van der Waals surface area contributed by atoms with Crippen molar-refractivity contribution in [3.63, 3.8) is 0 Å². The monoisotopic (exact) mass is 174 g/mol. The average molecular weight is 174 g/mol. The maximum absolute atomic E-state index is 11.1. The van der Waals surface area contributed by atoms with E-state index in [1.54, 1.807) is 0 Å². The Bertz CT molecular complexity index is 352. The quantitative estimate of drug-likeness (QED) is 0.379. The molecule has 64 valence electrons. The smallest absolute Gasteiger partial charge is 0.357 e. The Morgan fingerprint density at radius 1 is 1.77 bits per heavy atom. The summed E-state index contributed by atoms with van der Waals surface area (Å²) in [5.74, 6) is -0.592. The minimum absolute atomic E-state index is 0.0671. The van der Waals surface area contributed by atoms with E-state index in [1.807, 2.05) is 0 Å². The summed E-state index contributed by atoms with van der Waals surface area (Å²) in [4.78, 5) is 14.9. The summed E-state index contributed by atoms with van der Waals surface area (Å²) in [7, 11) is 6.78. The van der Waals surface area contributed by atoms with E-state index in [1.165, 1.54) is 19.4 Å². The molecule has 1 N–H and O–H groups in total. The highest BCUT2D eigenvalue weighted by Crippen LogP contribution is 2.00. The third-order valence-electron chi connectivity index (χ3n) is 1.55. The lowest BCUT2D eigenvalue weighted by Gasteiger charge is -2.04. The van der Waals surface area contributed by atoms with Crippen LogP contribution in [0.1, 0.15) is 16.1 Å². The highest BCUT2D eigenvalue weighted by atomic mass is 16.5. The summed E-state index contributed by atoms with van der Waals surface area (Å²) in [6.07, 6.45) is 2.38. The van der Waals surface area contributed by atoms with Crippen molar-refractivity contribution in [2.45, 2.75) is 0 Å². The van der Waals surface area contributed by atoms with Crippen molar-refractivity contribution >= 4 is 25.5 Å². The van der Waals surface area contributed by atoms with Gasteiger partial charge in [-0.25, -0.2) is 9.78 Å². The Kier molecular flexibility index (Phi) is 2.79. The predicted molar refractivity (Wildman–Crippen MR) is 48.9 cm³/mol. The van der Waals surface area contributed by atoms with E-state index in [2.05, 4.69) is 9.72 Å². The lowest BCUT2D eigenvalue weighted by molar-refractivity contribution is 0.0594. The lowest BCUT2D eigenvalue weighted by atomic mass is 9.91. The standard InChI is InChI=1S/C8H7BN2O2/c1-13-8(12)7-5(4-10)6(9)2-3-11-7/h2-4,10H,1H3. The van der Waals surface area contributed by atoms with Crippen LogP contribution in [0.5, 0.6) is 0 Å². The molecule has 1 heterocycles. The Morgan fingerprint density at radius 2 is 2.46 bits per heavy atom. The van der Waals surface area contributed by atoms with Gasteiger partial charge in [0.25, 0.3) is 0 Å². The van der Waals surface area contributed by atoms with Crippen molar-refractivity contribution in [2.24, 2.45) is 0 Å². The first kappa shape index (κ1) is 9.44. The van der Waals surface area contributed by atoms with Crippen molar-refractivity contribution in [2.75, 3.05) is 7.11 Å². The highest BCUT2D eigenvalue weighted by molar-refractivity contribution is 6.36. The topological polar surface area (TPSA) is 63.0 Å². The number of nitrogens with one attached hydrogen (secondary N) is 1. The van der Waals surface area contributed by atoms with Gasteiger partial charge in [-0.1, -0.05) is 11.5 Å². The number of pyridine rings is 1. The van der Waals surface area contributed by atoms with Gasteiger partial charge in [0, 0.05) is 18.0 Å². The van der Waals surface area contributed by atoms with Gasteiger partial charge in [0.1, 0.15) is 7.85 Å². The van der Waals surface area contributed by atoms with Crippen molar-refractivity contribution in [3.8, 4) is 0 Å². The minimum atomic E-state index is -0.592. The third kappa shape index (κ3) is 1.74. The third-order valence-corrected chi connectivity index (χ3v) is 1.55. The molecule has 0 aromatic carbocycles. The zero-order valence-corrected chi connectivity index (χ0v) is 7.07. The number of carbonyl (C=O) groups is 1. The molecule has 0 spiro atoms. The maximum Gasteiger partial charge on any atom is 0.357 e. The van der Waals surface area contributed by atoms with Crippen molar-refractivity contribution in [3.05, 3.63) is 23.5 Å². The molecule has 0 fully saturated rings. The van der Waals surface area contributed by atoms with Crippen LogP contribution >= 0.6 is 0 Å². The predicted octanol–water partition coefficient (Wildman–Crippen LogP) is -0.340. The van der Waals surface area contributed by atoms with Gasteiger partial charge < -0.3 is 10.1 Å². The molecule has 5 heteroatoms. The van der Waals surface area contributed by atoms with Gasteiger partial charge in [-0.05, 0) is 0 Å². The van der Waals surface area contributed by atoms with Crippen LogP contribution in [0.4, 0.5) is 0 Å². The van der Waals surface area contributed by atoms with Crippen LogP contribution in [0.3, 0.4) is 0 Å². The molecule has 13 heavy (non-hydrogen) atoms. The molecule has 1 rings (SSSR count). The summed E-state index contributed by atoms with van der Waals surface area (Å²) >= 11 is 0. The first-order valence-corrected chi connectivity index (χ1v) is 3.54. The fourth-order valence-corrected chi connectivity index (χ4v) is 0.899. The summed E-state index contributed by atoms with van der Waals surface area (Å²) in [5, 5.41) is 7.04. The van der Waals surface area contributed by atoms with Gasteiger partial charge in [0.2, 0.25) is 0 Å². The molecule has 0 aliphatic rings. The normalized spacial score (nSPS) is 9.31. The Balaban J connectivity index is 3.28. The van der Waals surface area contributed by atoms with Crippen molar-refractivity contribution < 1.29 is 9.53 Å². The second-order valence-electron chi connectivity index (χ2n) is 2.30. The van der Waals surface area contributed by atoms with Crippen LogP contribution in [0, 0.1) is 5.41 Å². The van der Waals surface area contributed by atoms with E-state index in [-0.39, 0.29) is 11.3 Å². The molecule has 0 amide bonds. The Morgan fingerprint density at radius 3 is 3.00 bits per heavy atom. The van der Waals surface area contributed by atoms with Crippen molar-refractivity contribution in [1.29, 1.82) is 5.41 Å². The zero-order valence-electron chi connectivity index (χ0n) is 7.07. The van der Waals surface area contributed by atoms with E-state index in [4.69, 9.17) is 13.3 Å². The summed E-state index contributed by atoms with van der Waals surface area (Å²) < 4.78 is 4.47. The number of esters is 1. The highest BCUT2D eigenvalue weighted by Gasteiger charge is 2.12. The fraction of sp³-hybridized carbons (Fsp3) is 0.125. The van der Waals surface area contributed by atoms with Crippen LogP contribution in [0.15, 0.2) is 12.3 Å². The number of ether oxygens (including phenoxy) is 1. The molecule has 0 aliphatic heterocycles. The number of nitrogens with zero attached hydrogens (tertiary/aromatic N) is 1. The molecule has 0 saturated carbocycles. The van der Waals surface area contributed by atoms with Gasteiger partial charge >= 0.3 is 5.97 Å². The molecule has 0 saturated heterocycles. The molecule has 0 atom stereocenters. The summed E-state index contributed by atoms with van der Waals surface area (Å²) in [5.41, 5.74) is 0.692. The first-order valence-electron chi connectivity index (χ1n) is 3.54. The molecule has 0 aliphatic carbocycles. The van der Waals surface area contributed by atoms with Gasteiger partial charge in [-0.15, -0.1) is 0 Å². The second-order valence-corrected chi connectivity index (χ2v) is 2.30. The average Bonchev–Trinajstić information content (AvgIpc) is 2.16. The number of rotatable bonds is 2.